The van der Waals surface area contributed by atoms with Gasteiger partial charge in [-0.1, -0.05) is 6.08 Å². The van der Waals surface area contributed by atoms with E-state index in [1.807, 2.05) is 34.0 Å². The second kappa shape index (κ2) is 6.19. The predicted octanol–water partition coefficient (Wildman–Crippen LogP) is 7.89. The van der Waals surface area contributed by atoms with Gasteiger partial charge < -0.3 is 0 Å². The van der Waals surface area contributed by atoms with Crippen molar-refractivity contribution in [1.29, 1.82) is 0 Å². The maximum atomic E-state index is 4.59. The van der Waals surface area contributed by atoms with Crippen molar-refractivity contribution in [3.05, 3.63) is 39.1 Å². The summed E-state index contributed by atoms with van der Waals surface area (Å²) in [6.45, 7) is 8.59. The summed E-state index contributed by atoms with van der Waals surface area (Å²) in [7, 11) is 0. The van der Waals surface area contributed by atoms with Gasteiger partial charge in [-0.25, -0.2) is 0 Å². The summed E-state index contributed by atoms with van der Waals surface area (Å²) in [6, 6.07) is 4.55. The van der Waals surface area contributed by atoms with Crippen molar-refractivity contribution in [3.8, 4) is 19.5 Å². The lowest BCUT2D eigenvalue weighted by atomic mass is 10.2. The Morgan fingerprint density at radius 3 is 2.04 bits per heavy atom. The monoisotopic (exact) mass is 388 g/mol. The molecule has 0 atom stereocenters. The summed E-state index contributed by atoms with van der Waals surface area (Å²) in [5.74, 6) is 0. The van der Waals surface area contributed by atoms with Crippen molar-refractivity contribution < 1.29 is 0 Å². The first-order valence-electron chi connectivity index (χ1n) is 7.64. The predicted molar refractivity (Wildman–Crippen MR) is 111 cm³/mol. The highest BCUT2D eigenvalue weighted by Crippen LogP contribution is 2.56. The lowest BCUT2D eigenvalue weighted by molar-refractivity contribution is 1.44. The molecule has 3 aromatic rings. The zero-order valence-corrected chi connectivity index (χ0v) is 17.1. The quantitative estimate of drug-likeness (QED) is 0.341. The molecule has 0 bridgehead atoms. The fourth-order valence-corrected chi connectivity index (χ4v) is 6.87. The lowest BCUT2D eigenvalue weighted by Gasteiger charge is -1.92. The number of hydrogen-bond acceptors (Lipinski definition) is 5. The Bertz CT molecular complexity index is 1020. The first-order chi connectivity index (χ1) is 11.6. The molecule has 0 saturated heterocycles. The first-order valence-corrected chi connectivity index (χ1v) is 10.8. The minimum Gasteiger partial charge on any atom is -0.171 e. The zero-order chi connectivity index (χ0) is 16.8. The third kappa shape index (κ3) is 2.58. The van der Waals surface area contributed by atoms with Crippen molar-refractivity contribution in [2.24, 2.45) is 8.73 Å². The number of thiophene rings is 3. The molecule has 0 aliphatic carbocycles. The first kappa shape index (κ1) is 16.1. The molecule has 6 heteroatoms. The van der Waals surface area contributed by atoms with Crippen LogP contribution in [0.25, 0.3) is 25.6 Å². The minimum atomic E-state index is 1.05. The summed E-state index contributed by atoms with van der Waals surface area (Å²) in [5.41, 5.74) is 4.78. The van der Waals surface area contributed by atoms with Gasteiger partial charge in [0.25, 0.3) is 0 Å². The molecule has 0 N–H and O–H groups in total. The van der Waals surface area contributed by atoms with Crippen molar-refractivity contribution in [2.75, 3.05) is 0 Å². The zero-order valence-electron chi connectivity index (χ0n) is 13.8. The van der Waals surface area contributed by atoms with Crippen LogP contribution >= 0.6 is 34.0 Å². The molecule has 24 heavy (non-hydrogen) atoms. The highest BCUT2D eigenvalue weighted by molar-refractivity contribution is 7.58. The van der Waals surface area contributed by atoms with Crippen molar-refractivity contribution in [2.45, 2.75) is 27.7 Å². The Balaban J connectivity index is 1.88. The number of aryl methyl sites for hydroxylation is 3. The van der Waals surface area contributed by atoms with Gasteiger partial charge in [-0.05, 0) is 57.0 Å². The topological polar surface area (TPSA) is 24.7 Å². The van der Waals surface area contributed by atoms with Gasteiger partial charge in [0.05, 0.1) is 21.1 Å². The fourth-order valence-electron chi connectivity index (χ4n) is 2.63. The van der Waals surface area contributed by atoms with Gasteiger partial charge >= 0.3 is 0 Å². The fraction of sp³-hybridized carbons (Fsp3) is 0.222. The molecule has 0 saturated carbocycles. The van der Waals surface area contributed by atoms with E-state index in [0.717, 1.165) is 11.4 Å². The van der Waals surface area contributed by atoms with Gasteiger partial charge in [0, 0.05) is 19.5 Å². The maximum absolute atomic E-state index is 4.59. The molecule has 4 heterocycles. The van der Waals surface area contributed by atoms with E-state index in [1.54, 1.807) is 0 Å². The van der Waals surface area contributed by atoms with Crippen molar-refractivity contribution >= 4 is 62.8 Å². The van der Waals surface area contributed by atoms with Crippen LogP contribution in [-0.4, -0.2) is 0 Å². The molecule has 0 amide bonds. The molecule has 1 aliphatic heterocycles. The molecule has 0 radical (unpaired) electrons. The molecule has 0 unspecified atom stereocenters. The summed E-state index contributed by atoms with van der Waals surface area (Å²) < 4.78 is 9.17. The van der Waals surface area contributed by atoms with Crippen LogP contribution in [-0.2, 0) is 11.4 Å². The van der Waals surface area contributed by atoms with E-state index in [4.69, 9.17) is 0 Å². The van der Waals surface area contributed by atoms with Gasteiger partial charge in [0.15, 0.2) is 0 Å². The van der Waals surface area contributed by atoms with Gasteiger partial charge in [0.2, 0.25) is 0 Å². The van der Waals surface area contributed by atoms with E-state index in [0.29, 0.717) is 0 Å². The summed E-state index contributed by atoms with van der Waals surface area (Å²) in [4.78, 5) is 7.80. The number of hydrogen-bond donors (Lipinski definition) is 0. The Labute approximate surface area is 157 Å². The smallest absolute Gasteiger partial charge is 0.124 e. The lowest BCUT2D eigenvalue weighted by Crippen LogP contribution is -1.65. The van der Waals surface area contributed by atoms with Crippen LogP contribution in [0.4, 0.5) is 11.4 Å². The van der Waals surface area contributed by atoms with Crippen LogP contribution in [0.15, 0.2) is 26.9 Å². The van der Waals surface area contributed by atoms with E-state index >= 15 is 0 Å². The molecule has 122 valence electrons. The van der Waals surface area contributed by atoms with Crippen LogP contribution in [0.1, 0.15) is 27.8 Å². The Morgan fingerprint density at radius 2 is 1.46 bits per heavy atom. The van der Waals surface area contributed by atoms with Gasteiger partial charge in [-0.15, -0.1) is 34.0 Å². The molecular formula is C18H16N2S4. The van der Waals surface area contributed by atoms with Crippen LogP contribution in [0.5, 0.6) is 0 Å². The Hall–Kier alpha value is -1.34. The van der Waals surface area contributed by atoms with Crippen LogP contribution in [0.3, 0.4) is 0 Å². The van der Waals surface area contributed by atoms with E-state index in [9.17, 15) is 0 Å². The third-order valence-corrected chi connectivity index (χ3v) is 8.42. The number of nitrogens with zero attached hydrogens (tertiary/aromatic N) is 2. The van der Waals surface area contributed by atoms with Crippen LogP contribution < -0.4 is 0 Å². The average Bonchev–Trinajstić information content (AvgIpc) is 3.27. The van der Waals surface area contributed by atoms with Crippen molar-refractivity contribution in [3.63, 3.8) is 0 Å². The second-order valence-corrected chi connectivity index (χ2v) is 9.62. The molecule has 0 spiro atoms. The summed E-state index contributed by atoms with van der Waals surface area (Å²) in [6.07, 6.45) is 4.28. The van der Waals surface area contributed by atoms with Gasteiger partial charge in [-0.3, -0.25) is 0 Å². The number of rotatable bonds is 3. The third-order valence-electron chi connectivity index (χ3n) is 4.01. The van der Waals surface area contributed by atoms with Crippen LogP contribution in [0.2, 0.25) is 0 Å². The normalized spacial score (nSPS) is 13.0. The Morgan fingerprint density at radius 1 is 0.833 bits per heavy atom. The second-order valence-electron chi connectivity index (χ2n) is 5.73. The Kier molecular flexibility index (Phi) is 4.16. The molecule has 0 aromatic carbocycles. The average molecular weight is 389 g/mol. The van der Waals surface area contributed by atoms with Gasteiger partial charge in [-0.2, -0.15) is 8.73 Å². The van der Waals surface area contributed by atoms with E-state index in [1.165, 1.54) is 51.7 Å². The molecular weight excluding hydrogens is 372 g/mol. The SMILES string of the molecule is C/C=C/c1sc(-c2sc(-c3cc(C)c(C)s3)c3c2N=S=N3)cc1C. The highest BCUT2D eigenvalue weighted by Gasteiger charge is 2.24. The summed E-state index contributed by atoms with van der Waals surface area (Å²) in [5, 5.41) is 0. The van der Waals surface area contributed by atoms with E-state index in [2.05, 4.69) is 60.7 Å². The van der Waals surface area contributed by atoms with E-state index < -0.39 is 0 Å². The minimum absolute atomic E-state index is 1.05. The maximum Gasteiger partial charge on any atom is 0.124 e. The largest absolute Gasteiger partial charge is 0.171 e. The molecule has 3 aromatic heterocycles. The molecule has 2 nitrogen and oxygen atoms in total. The highest BCUT2D eigenvalue weighted by atomic mass is 32.1. The van der Waals surface area contributed by atoms with E-state index in [-0.39, 0.29) is 0 Å². The van der Waals surface area contributed by atoms with Crippen LogP contribution in [0, 0.1) is 20.8 Å². The summed E-state index contributed by atoms with van der Waals surface area (Å²) >= 11 is 6.82. The molecule has 4 rings (SSSR count). The number of fused-ring (bicyclic) bond motifs is 1. The number of allylic oxidation sites excluding steroid dienone is 1. The van der Waals surface area contributed by atoms with Crippen molar-refractivity contribution in [1.82, 2.24) is 0 Å². The van der Waals surface area contributed by atoms with Gasteiger partial charge in [0.1, 0.15) is 11.4 Å². The molecule has 0 fully saturated rings. The standard InChI is InChI=1S/C18H16N2S4/c1-5-6-12-10(3)8-14(22-12)18-16-15(19-24-20-16)17(23-18)13-7-9(2)11(4)21-13/h5-8H,1-4H3/b6-5+. The molecule has 1 aliphatic rings.